The minimum Gasteiger partial charge on any atom is -0.318 e. The summed E-state index contributed by atoms with van der Waals surface area (Å²) in [4.78, 5) is 2.55. The van der Waals surface area contributed by atoms with Gasteiger partial charge in [-0.05, 0) is 51.9 Å². The first-order chi connectivity index (χ1) is 8.27. The summed E-state index contributed by atoms with van der Waals surface area (Å²) >= 11 is 0. The van der Waals surface area contributed by atoms with Gasteiger partial charge in [0.25, 0.3) is 0 Å². The summed E-state index contributed by atoms with van der Waals surface area (Å²) in [5, 5.41) is 3.38. The number of aryl methyl sites for hydroxylation is 1. The van der Waals surface area contributed by atoms with Crippen LogP contribution in [0.25, 0.3) is 0 Å². The van der Waals surface area contributed by atoms with Gasteiger partial charge in [-0.3, -0.25) is 4.90 Å². The molecule has 0 spiro atoms. The Hall–Kier alpha value is -0.860. The summed E-state index contributed by atoms with van der Waals surface area (Å²) in [5.41, 5.74) is 1.84. The number of benzene rings is 1. The third-order valence-electron chi connectivity index (χ3n) is 4.17. The van der Waals surface area contributed by atoms with E-state index in [0.717, 1.165) is 6.54 Å². The minimum absolute atomic E-state index is 0.380. The fourth-order valence-corrected chi connectivity index (χ4v) is 3.05. The van der Waals surface area contributed by atoms with Gasteiger partial charge in [0.1, 0.15) is 0 Å². The molecule has 0 saturated carbocycles. The highest BCUT2D eigenvalue weighted by Crippen LogP contribution is 2.31. The third kappa shape index (κ3) is 2.88. The molecule has 17 heavy (non-hydrogen) atoms. The summed E-state index contributed by atoms with van der Waals surface area (Å²) in [6, 6.07) is 10.8. The van der Waals surface area contributed by atoms with E-state index in [1.807, 2.05) is 0 Å². The Labute approximate surface area is 105 Å². The standard InChI is InChI=1S/C15H24N2/c1-16-13-15(10-6-12-17(15)2)11-9-14-7-4-3-5-8-14/h3-5,7-8,16H,6,9-13H2,1-2H3. The van der Waals surface area contributed by atoms with Crippen molar-refractivity contribution < 1.29 is 0 Å². The number of hydrogen-bond acceptors (Lipinski definition) is 2. The average Bonchev–Trinajstić information content (AvgIpc) is 2.71. The number of likely N-dealkylation sites (N-methyl/N-ethyl adjacent to an activating group) is 2. The largest absolute Gasteiger partial charge is 0.318 e. The minimum atomic E-state index is 0.380. The molecular formula is C15H24N2. The Kier molecular flexibility index (Phi) is 4.19. The molecule has 0 radical (unpaired) electrons. The molecule has 0 amide bonds. The smallest absolute Gasteiger partial charge is 0.0334 e. The van der Waals surface area contributed by atoms with Gasteiger partial charge < -0.3 is 5.32 Å². The van der Waals surface area contributed by atoms with Crippen molar-refractivity contribution in [2.75, 3.05) is 27.2 Å². The topological polar surface area (TPSA) is 15.3 Å². The van der Waals surface area contributed by atoms with Crippen molar-refractivity contribution in [3.8, 4) is 0 Å². The van der Waals surface area contributed by atoms with Crippen LogP contribution in [0, 0.1) is 0 Å². The molecule has 0 aliphatic carbocycles. The summed E-state index contributed by atoms with van der Waals surface area (Å²) in [7, 11) is 4.34. The van der Waals surface area contributed by atoms with Gasteiger partial charge in [-0.1, -0.05) is 30.3 Å². The molecule has 1 aliphatic rings. The molecule has 2 rings (SSSR count). The van der Waals surface area contributed by atoms with Crippen LogP contribution in [0.3, 0.4) is 0 Å². The highest BCUT2D eigenvalue weighted by atomic mass is 15.2. The summed E-state index contributed by atoms with van der Waals surface area (Å²) in [6.07, 6.45) is 5.12. The lowest BCUT2D eigenvalue weighted by Crippen LogP contribution is -2.48. The highest BCUT2D eigenvalue weighted by Gasteiger charge is 2.37. The summed E-state index contributed by atoms with van der Waals surface area (Å²) in [6.45, 7) is 2.35. The van der Waals surface area contributed by atoms with Crippen molar-refractivity contribution in [2.24, 2.45) is 0 Å². The Morgan fingerprint density at radius 1 is 1.29 bits per heavy atom. The van der Waals surface area contributed by atoms with Gasteiger partial charge >= 0.3 is 0 Å². The van der Waals surface area contributed by atoms with E-state index >= 15 is 0 Å². The number of nitrogens with one attached hydrogen (secondary N) is 1. The van der Waals surface area contributed by atoms with Crippen LogP contribution >= 0.6 is 0 Å². The molecule has 2 nitrogen and oxygen atoms in total. The maximum absolute atomic E-state index is 3.38. The Morgan fingerprint density at radius 2 is 2.06 bits per heavy atom. The van der Waals surface area contributed by atoms with Gasteiger partial charge in [-0.2, -0.15) is 0 Å². The lowest BCUT2D eigenvalue weighted by Gasteiger charge is -2.36. The van der Waals surface area contributed by atoms with Crippen molar-refractivity contribution in [3.63, 3.8) is 0 Å². The molecule has 1 heterocycles. The van der Waals surface area contributed by atoms with Crippen LogP contribution in [0.1, 0.15) is 24.8 Å². The molecule has 1 aliphatic heterocycles. The Balaban J connectivity index is 1.99. The molecular weight excluding hydrogens is 208 g/mol. The van der Waals surface area contributed by atoms with E-state index in [-0.39, 0.29) is 0 Å². The SMILES string of the molecule is CNCC1(CCc2ccccc2)CCCN1C. The van der Waals surface area contributed by atoms with E-state index in [4.69, 9.17) is 0 Å². The van der Waals surface area contributed by atoms with Crippen molar-refractivity contribution in [1.29, 1.82) is 0 Å². The zero-order valence-electron chi connectivity index (χ0n) is 11.1. The first-order valence-electron chi connectivity index (χ1n) is 6.67. The zero-order valence-corrected chi connectivity index (χ0v) is 11.1. The second-order valence-electron chi connectivity index (χ2n) is 5.27. The number of rotatable bonds is 5. The van der Waals surface area contributed by atoms with Gasteiger partial charge in [0.2, 0.25) is 0 Å². The molecule has 1 saturated heterocycles. The second-order valence-corrected chi connectivity index (χ2v) is 5.27. The number of nitrogens with zero attached hydrogens (tertiary/aromatic N) is 1. The van der Waals surface area contributed by atoms with Gasteiger partial charge in [-0.25, -0.2) is 0 Å². The van der Waals surface area contributed by atoms with E-state index in [2.05, 4.69) is 54.6 Å². The number of likely N-dealkylation sites (tertiary alicyclic amines) is 1. The molecule has 1 N–H and O–H groups in total. The van der Waals surface area contributed by atoms with Gasteiger partial charge in [-0.15, -0.1) is 0 Å². The van der Waals surface area contributed by atoms with Crippen LogP contribution in [0.5, 0.6) is 0 Å². The molecule has 1 fully saturated rings. The van der Waals surface area contributed by atoms with Crippen LogP contribution in [0.15, 0.2) is 30.3 Å². The molecule has 0 aromatic heterocycles. The number of hydrogen-bond donors (Lipinski definition) is 1. The fourth-order valence-electron chi connectivity index (χ4n) is 3.05. The predicted molar refractivity (Wildman–Crippen MR) is 73.3 cm³/mol. The van der Waals surface area contributed by atoms with E-state index in [1.54, 1.807) is 0 Å². The molecule has 1 aromatic carbocycles. The molecule has 2 heteroatoms. The van der Waals surface area contributed by atoms with Crippen LogP contribution in [-0.2, 0) is 6.42 Å². The first-order valence-corrected chi connectivity index (χ1v) is 6.67. The Bertz CT molecular complexity index is 336. The Morgan fingerprint density at radius 3 is 2.65 bits per heavy atom. The molecule has 94 valence electrons. The summed E-state index contributed by atoms with van der Waals surface area (Å²) in [5.74, 6) is 0. The normalized spacial score (nSPS) is 25.3. The van der Waals surface area contributed by atoms with Crippen molar-refractivity contribution in [2.45, 2.75) is 31.2 Å². The van der Waals surface area contributed by atoms with Crippen LogP contribution in [0.2, 0.25) is 0 Å². The average molecular weight is 232 g/mol. The monoisotopic (exact) mass is 232 g/mol. The molecule has 1 unspecified atom stereocenters. The van der Waals surface area contributed by atoms with Crippen molar-refractivity contribution in [1.82, 2.24) is 10.2 Å². The molecule has 0 bridgehead atoms. The van der Waals surface area contributed by atoms with Gasteiger partial charge in [0.15, 0.2) is 0 Å². The molecule has 1 atom stereocenters. The van der Waals surface area contributed by atoms with Crippen LogP contribution in [-0.4, -0.2) is 37.6 Å². The maximum Gasteiger partial charge on any atom is 0.0334 e. The maximum atomic E-state index is 3.38. The van der Waals surface area contributed by atoms with Crippen molar-refractivity contribution >= 4 is 0 Å². The second kappa shape index (κ2) is 5.65. The quantitative estimate of drug-likeness (QED) is 0.838. The predicted octanol–water partition coefficient (Wildman–Crippen LogP) is 2.30. The van der Waals surface area contributed by atoms with Gasteiger partial charge in [0.05, 0.1) is 0 Å². The van der Waals surface area contributed by atoms with Crippen LogP contribution in [0.4, 0.5) is 0 Å². The lowest BCUT2D eigenvalue weighted by atomic mass is 9.88. The zero-order chi connectivity index (χ0) is 12.1. The van der Waals surface area contributed by atoms with E-state index < -0.39 is 0 Å². The third-order valence-corrected chi connectivity index (χ3v) is 4.17. The van der Waals surface area contributed by atoms with Crippen molar-refractivity contribution in [3.05, 3.63) is 35.9 Å². The molecule has 1 aromatic rings. The first kappa shape index (κ1) is 12.6. The van der Waals surface area contributed by atoms with E-state index in [0.29, 0.717) is 5.54 Å². The summed E-state index contributed by atoms with van der Waals surface area (Å²) < 4.78 is 0. The van der Waals surface area contributed by atoms with Crippen LogP contribution < -0.4 is 5.32 Å². The fraction of sp³-hybridized carbons (Fsp3) is 0.600. The van der Waals surface area contributed by atoms with Gasteiger partial charge in [0, 0.05) is 12.1 Å². The lowest BCUT2D eigenvalue weighted by molar-refractivity contribution is 0.159. The van der Waals surface area contributed by atoms with E-state index in [1.165, 1.54) is 37.8 Å². The highest BCUT2D eigenvalue weighted by molar-refractivity contribution is 5.15. The van der Waals surface area contributed by atoms with E-state index in [9.17, 15) is 0 Å².